The molecule has 0 radical (unpaired) electrons. The van der Waals surface area contributed by atoms with Crippen LogP contribution in [0.2, 0.25) is 0 Å². The minimum atomic E-state index is -0.791. The third kappa shape index (κ3) is 3.54. The first-order valence-corrected chi connectivity index (χ1v) is 7.59. The molecule has 0 aliphatic carbocycles. The van der Waals surface area contributed by atoms with E-state index < -0.39 is 10.8 Å². The van der Waals surface area contributed by atoms with Gasteiger partial charge < -0.3 is 10.1 Å². The minimum absolute atomic E-state index is 0.154. The van der Waals surface area contributed by atoms with Crippen LogP contribution < -0.4 is 5.32 Å². The summed E-state index contributed by atoms with van der Waals surface area (Å²) in [6.45, 7) is 10.1. The minimum Gasteiger partial charge on any atom is -0.377 e. The van der Waals surface area contributed by atoms with Crippen LogP contribution in [0.25, 0.3) is 0 Å². The molecule has 96 valence electrons. The standard InChI is InChI=1S/C12H25NO2S/c1-5-7-13-9(2)11(4)16(14)12-6-8-15-10(12)3/h9-13H,5-8H2,1-4H3. The van der Waals surface area contributed by atoms with E-state index in [-0.39, 0.29) is 16.6 Å². The second-order valence-corrected chi connectivity index (χ2v) is 6.69. The lowest BCUT2D eigenvalue weighted by Crippen LogP contribution is -2.42. The molecule has 1 fully saturated rings. The summed E-state index contributed by atoms with van der Waals surface area (Å²) in [4.78, 5) is 0. The quantitative estimate of drug-likeness (QED) is 0.776. The molecule has 0 aromatic carbocycles. The first-order valence-electron chi connectivity index (χ1n) is 6.32. The Morgan fingerprint density at radius 1 is 1.50 bits per heavy atom. The molecule has 1 aliphatic rings. The van der Waals surface area contributed by atoms with Gasteiger partial charge in [-0.1, -0.05) is 6.92 Å². The molecule has 1 N–H and O–H groups in total. The molecule has 0 aromatic rings. The average Bonchev–Trinajstić information content (AvgIpc) is 2.70. The molecule has 4 heteroatoms. The molecule has 1 heterocycles. The predicted molar refractivity (Wildman–Crippen MR) is 69.2 cm³/mol. The molecular formula is C12H25NO2S. The van der Waals surface area contributed by atoms with E-state index in [4.69, 9.17) is 4.74 Å². The number of hydrogen-bond donors (Lipinski definition) is 1. The van der Waals surface area contributed by atoms with Crippen LogP contribution in [0, 0.1) is 0 Å². The Hall–Kier alpha value is 0.0700. The summed E-state index contributed by atoms with van der Waals surface area (Å²) in [6, 6.07) is 0.314. The molecule has 16 heavy (non-hydrogen) atoms. The first kappa shape index (κ1) is 14.1. The fourth-order valence-electron chi connectivity index (χ4n) is 2.03. The van der Waals surface area contributed by atoms with Crippen molar-refractivity contribution in [2.75, 3.05) is 13.2 Å². The number of hydrogen-bond acceptors (Lipinski definition) is 3. The van der Waals surface area contributed by atoms with Crippen LogP contribution >= 0.6 is 0 Å². The molecule has 1 saturated heterocycles. The van der Waals surface area contributed by atoms with E-state index >= 15 is 0 Å². The monoisotopic (exact) mass is 247 g/mol. The number of ether oxygens (including phenoxy) is 1. The average molecular weight is 247 g/mol. The van der Waals surface area contributed by atoms with Crippen molar-refractivity contribution >= 4 is 10.8 Å². The SMILES string of the molecule is CCCNC(C)C(C)S(=O)C1CCOC1C. The van der Waals surface area contributed by atoms with Crippen LogP contribution in [0.1, 0.15) is 40.5 Å². The Morgan fingerprint density at radius 3 is 2.69 bits per heavy atom. The maximum Gasteiger partial charge on any atom is 0.0691 e. The van der Waals surface area contributed by atoms with E-state index in [2.05, 4.69) is 26.1 Å². The topological polar surface area (TPSA) is 38.3 Å². The molecule has 5 atom stereocenters. The second kappa shape index (κ2) is 6.72. The first-order chi connectivity index (χ1) is 7.57. The Kier molecular flexibility index (Phi) is 5.94. The fourth-order valence-corrected chi connectivity index (χ4v) is 3.87. The van der Waals surface area contributed by atoms with Gasteiger partial charge in [0, 0.05) is 28.7 Å². The lowest BCUT2D eigenvalue weighted by Gasteiger charge is -2.24. The summed E-state index contributed by atoms with van der Waals surface area (Å²) in [5.41, 5.74) is 0. The molecule has 1 aliphatic heterocycles. The summed E-state index contributed by atoms with van der Waals surface area (Å²) in [5, 5.41) is 3.84. The Balaban J connectivity index is 2.45. The van der Waals surface area contributed by atoms with E-state index in [0.29, 0.717) is 6.04 Å². The van der Waals surface area contributed by atoms with E-state index in [1.54, 1.807) is 0 Å². The van der Waals surface area contributed by atoms with E-state index in [1.165, 1.54) is 0 Å². The molecule has 0 bridgehead atoms. The highest BCUT2D eigenvalue weighted by Gasteiger charge is 2.33. The van der Waals surface area contributed by atoms with Gasteiger partial charge in [0.25, 0.3) is 0 Å². The largest absolute Gasteiger partial charge is 0.377 e. The summed E-state index contributed by atoms with van der Waals surface area (Å²) in [7, 11) is -0.791. The maximum atomic E-state index is 12.4. The summed E-state index contributed by atoms with van der Waals surface area (Å²) < 4.78 is 17.8. The van der Waals surface area contributed by atoms with Crippen molar-refractivity contribution in [3.8, 4) is 0 Å². The van der Waals surface area contributed by atoms with Gasteiger partial charge in [0.05, 0.1) is 11.4 Å². The highest BCUT2D eigenvalue weighted by molar-refractivity contribution is 7.86. The smallest absolute Gasteiger partial charge is 0.0691 e. The normalized spacial score (nSPS) is 31.2. The van der Waals surface area contributed by atoms with Crippen LogP contribution in [0.4, 0.5) is 0 Å². The third-order valence-electron chi connectivity index (χ3n) is 3.39. The molecule has 0 aromatic heterocycles. The predicted octanol–water partition coefficient (Wildman–Crippen LogP) is 1.69. The number of rotatable bonds is 6. The fraction of sp³-hybridized carbons (Fsp3) is 1.00. The maximum absolute atomic E-state index is 12.4. The van der Waals surface area contributed by atoms with Crippen molar-refractivity contribution in [3.05, 3.63) is 0 Å². The summed E-state index contributed by atoms with van der Waals surface area (Å²) >= 11 is 0. The molecule has 5 unspecified atom stereocenters. The number of nitrogens with one attached hydrogen (secondary N) is 1. The van der Waals surface area contributed by atoms with Crippen LogP contribution in [0.5, 0.6) is 0 Å². The van der Waals surface area contributed by atoms with Gasteiger partial charge in [-0.25, -0.2) is 0 Å². The van der Waals surface area contributed by atoms with Crippen LogP contribution in [0.15, 0.2) is 0 Å². The Morgan fingerprint density at radius 2 is 2.19 bits per heavy atom. The molecule has 3 nitrogen and oxygen atoms in total. The van der Waals surface area contributed by atoms with E-state index in [0.717, 1.165) is 26.0 Å². The van der Waals surface area contributed by atoms with Crippen molar-refractivity contribution in [2.45, 2.75) is 63.2 Å². The molecule has 0 spiro atoms. The van der Waals surface area contributed by atoms with Crippen molar-refractivity contribution in [1.29, 1.82) is 0 Å². The van der Waals surface area contributed by atoms with Gasteiger partial charge >= 0.3 is 0 Å². The Labute approximate surface area is 102 Å². The van der Waals surface area contributed by atoms with Crippen molar-refractivity contribution in [1.82, 2.24) is 5.32 Å². The van der Waals surface area contributed by atoms with Crippen LogP contribution in [-0.2, 0) is 15.5 Å². The van der Waals surface area contributed by atoms with Gasteiger partial charge in [0.1, 0.15) is 0 Å². The lowest BCUT2D eigenvalue weighted by molar-refractivity contribution is 0.126. The van der Waals surface area contributed by atoms with Gasteiger partial charge in [-0.05, 0) is 40.2 Å². The van der Waals surface area contributed by atoms with Gasteiger partial charge in [0.15, 0.2) is 0 Å². The molecule has 0 amide bonds. The van der Waals surface area contributed by atoms with Crippen molar-refractivity contribution in [2.24, 2.45) is 0 Å². The third-order valence-corrected chi connectivity index (χ3v) is 5.75. The van der Waals surface area contributed by atoms with Gasteiger partial charge in [-0.15, -0.1) is 0 Å². The van der Waals surface area contributed by atoms with Crippen LogP contribution in [0.3, 0.4) is 0 Å². The lowest BCUT2D eigenvalue weighted by atomic mass is 10.2. The zero-order valence-electron chi connectivity index (χ0n) is 10.9. The van der Waals surface area contributed by atoms with Crippen LogP contribution in [-0.4, -0.2) is 40.0 Å². The summed E-state index contributed by atoms with van der Waals surface area (Å²) in [6.07, 6.45) is 2.22. The second-order valence-electron chi connectivity index (χ2n) is 4.68. The highest BCUT2D eigenvalue weighted by Crippen LogP contribution is 2.22. The van der Waals surface area contributed by atoms with Gasteiger partial charge in [-0.2, -0.15) is 0 Å². The Bertz CT molecular complexity index is 235. The zero-order chi connectivity index (χ0) is 12.1. The van der Waals surface area contributed by atoms with E-state index in [1.807, 2.05) is 6.92 Å². The van der Waals surface area contributed by atoms with E-state index in [9.17, 15) is 4.21 Å². The van der Waals surface area contributed by atoms with Crippen molar-refractivity contribution < 1.29 is 8.95 Å². The zero-order valence-corrected chi connectivity index (χ0v) is 11.7. The highest BCUT2D eigenvalue weighted by atomic mass is 32.2. The van der Waals surface area contributed by atoms with Gasteiger partial charge in [-0.3, -0.25) is 4.21 Å². The molecular weight excluding hydrogens is 222 g/mol. The molecule has 1 rings (SSSR count). The van der Waals surface area contributed by atoms with Gasteiger partial charge in [0.2, 0.25) is 0 Å². The van der Waals surface area contributed by atoms with Crippen molar-refractivity contribution in [3.63, 3.8) is 0 Å². The summed E-state index contributed by atoms with van der Waals surface area (Å²) in [5.74, 6) is 0. The molecule has 0 saturated carbocycles.